The maximum absolute atomic E-state index is 11.8. The minimum absolute atomic E-state index is 0.0948. The number of aromatic nitrogens is 2. The summed E-state index contributed by atoms with van der Waals surface area (Å²) in [6.45, 7) is 4.07. The normalized spacial score (nSPS) is 16.6. The molecular weight excluding hydrogens is 286 g/mol. The van der Waals surface area contributed by atoms with Crippen molar-refractivity contribution in [2.45, 2.75) is 53.1 Å². The summed E-state index contributed by atoms with van der Waals surface area (Å²) in [6.07, 6.45) is 3.38. The van der Waals surface area contributed by atoms with Crippen molar-refractivity contribution in [1.82, 2.24) is 15.5 Å². The van der Waals surface area contributed by atoms with E-state index in [9.17, 15) is 4.79 Å². The van der Waals surface area contributed by atoms with Crippen LogP contribution in [0.5, 0.6) is 0 Å². The number of thioether (sulfide) groups is 2. The van der Waals surface area contributed by atoms with E-state index in [1.54, 1.807) is 23.1 Å². The van der Waals surface area contributed by atoms with Crippen LogP contribution < -0.4 is 5.32 Å². The molecule has 1 aromatic rings. The smallest absolute Gasteiger partial charge is 0.233 e. The van der Waals surface area contributed by atoms with Gasteiger partial charge >= 0.3 is 0 Å². The minimum Gasteiger partial charge on any atom is -0.352 e. The summed E-state index contributed by atoms with van der Waals surface area (Å²) >= 11 is 4.80. The van der Waals surface area contributed by atoms with E-state index in [1.807, 2.05) is 6.92 Å². The third-order valence-electron chi connectivity index (χ3n) is 2.39. The molecule has 1 amide bonds. The number of carbonyl (C=O) groups is 1. The lowest BCUT2D eigenvalue weighted by Crippen LogP contribution is -2.32. The van der Waals surface area contributed by atoms with Gasteiger partial charge in [0.25, 0.3) is 0 Å². The molecular formula is C11H17N3OS3. The Balaban J connectivity index is 1.80. The SMILES string of the molecule is CCCSc1nnc(S[C@H](C)C(=O)NC2CC2)s1. The molecule has 0 bridgehead atoms. The molecule has 4 nitrogen and oxygen atoms in total. The lowest BCUT2D eigenvalue weighted by molar-refractivity contribution is -0.120. The van der Waals surface area contributed by atoms with Gasteiger partial charge in [-0.3, -0.25) is 4.79 Å². The van der Waals surface area contributed by atoms with Crippen LogP contribution in [0.2, 0.25) is 0 Å². The van der Waals surface area contributed by atoms with Crippen LogP contribution in [0.4, 0.5) is 0 Å². The van der Waals surface area contributed by atoms with E-state index in [-0.39, 0.29) is 11.2 Å². The highest BCUT2D eigenvalue weighted by molar-refractivity contribution is 8.03. The number of nitrogens with zero attached hydrogens (tertiary/aromatic N) is 2. The second kappa shape index (κ2) is 6.77. The Kier molecular flexibility index (Phi) is 5.32. The first-order chi connectivity index (χ1) is 8.69. The van der Waals surface area contributed by atoms with Crippen LogP contribution >= 0.6 is 34.9 Å². The van der Waals surface area contributed by atoms with Gasteiger partial charge in [-0.25, -0.2) is 0 Å². The molecule has 1 heterocycles. The summed E-state index contributed by atoms with van der Waals surface area (Å²) in [7, 11) is 0. The number of amides is 1. The molecule has 1 aromatic heterocycles. The monoisotopic (exact) mass is 303 g/mol. The second-order valence-corrected chi connectivity index (χ2v) is 8.13. The third kappa shape index (κ3) is 4.44. The van der Waals surface area contributed by atoms with Gasteiger partial charge in [0.2, 0.25) is 5.91 Å². The predicted molar refractivity (Wildman–Crippen MR) is 77.4 cm³/mol. The van der Waals surface area contributed by atoms with Crippen LogP contribution in [0.1, 0.15) is 33.1 Å². The standard InChI is InChI=1S/C11H17N3OS3/c1-3-6-16-10-13-14-11(18-10)17-7(2)9(15)12-8-4-5-8/h7-8H,3-6H2,1-2H3,(H,12,15)/t7-/m1/s1. The summed E-state index contributed by atoms with van der Waals surface area (Å²) in [5.41, 5.74) is 0. The maximum Gasteiger partial charge on any atom is 0.233 e. The van der Waals surface area contributed by atoms with E-state index in [0.717, 1.165) is 33.7 Å². The predicted octanol–water partition coefficient (Wildman–Crippen LogP) is 2.80. The highest BCUT2D eigenvalue weighted by atomic mass is 32.2. The van der Waals surface area contributed by atoms with Gasteiger partial charge in [-0.15, -0.1) is 10.2 Å². The fraction of sp³-hybridized carbons (Fsp3) is 0.727. The zero-order valence-corrected chi connectivity index (χ0v) is 13.0. The van der Waals surface area contributed by atoms with Crippen molar-refractivity contribution >= 4 is 40.8 Å². The average Bonchev–Trinajstić information content (AvgIpc) is 3.05. The Labute approximate surface area is 120 Å². The van der Waals surface area contributed by atoms with Gasteiger partial charge < -0.3 is 5.32 Å². The van der Waals surface area contributed by atoms with E-state index in [2.05, 4.69) is 22.4 Å². The first kappa shape index (κ1) is 14.1. The number of rotatable bonds is 7. The summed E-state index contributed by atoms with van der Waals surface area (Å²) < 4.78 is 1.88. The Bertz CT molecular complexity index is 406. The molecule has 1 aliphatic rings. The maximum atomic E-state index is 11.8. The van der Waals surface area contributed by atoms with Crippen molar-refractivity contribution in [3.63, 3.8) is 0 Å². The largest absolute Gasteiger partial charge is 0.352 e. The molecule has 1 atom stereocenters. The molecule has 1 aliphatic carbocycles. The van der Waals surface area contributed by atoms with Crippen molar-refractivity contribution in [3.8, 4) is 0 Å². The van der Waals surface area contributed by atoms with Crippen molar-refractivity contribution in [2.24, 2.45) is 0 Å². The van der Waals surface area contributed by atoms with E-state index in [1.165, 1.54) is 11.8 Å². The Morgan fingerprint density at radius 2 is 2.22 bits per heavy atom. The van der Waals surface area contributed by atoms with Crippen LogP contribution in [0.25, 0.3) is 0 Å². The van der Waals surface area contributed by atoms with E-state index < -0.39 is 0 Å². The van der Waals surface area contributed by atoms with E-state index in [4.69, 9.17) is 0 Å². The molecule has 7 heteroatoms. The fourth-order valence-corrected chi connectivity index (χ4v) is 4.34. The average molecular weight is 303 g/mol. The Morgan fingerprint density at radius 1 is 1.50 bits per heavy atom. The molecule has 1 N–H and O–H groups in total. The summed E-state index contributed by atoms with van der Waals surface area (Å²) in [6, 6.07) is 0.422. The zero-order valence-electron chi connectivity index (χ0n) is 10.5. The number of nitrogens with one attached hydrogen (secondary N) is 1. The highest BCUT2D eigenvalue weighted by Gasteiger charge is 2.26. The van der Waals surface area contributed by atoms with Gasteiger partial charge in [0, 0.05) is 11.8 Å². The molecule has 1 fully saturated rings. The van der Waals surface area contributed by atoms with Crippen molar-refractivity contribution in [3.05, 3.63) is 0 Å². The summed E-state index contributed by atoms with van der Waals surface area (Å²) in [4.78, 5) is 11.8. The number of hydrogen-bond acceptors (Lipinski definition) is 6. The molecule has 0 aromatic carbocycles. The van der Waals surface area contributed by atoms with Crippen molar-refractivity contribution in [1.29, 1.82) is 0 Å². The van der Waals surface area contributed by atoms with Crippen LogP contribution in [0, 0.1) is 0 Å². The molecule has 0 spiro atoms. The van der Waals surface area contributed by atoms with Crippen LogP contribution in [-0.2, 0) is 4.79 Å². The quantitative estimate of drug-likeness (QED) is 0.785. The zero-order chi connectivity index (χ0) is 13.0. The van der Waals surface area contributed by atoms with Gasteiger partial charge in [0.05, 0.1) is 5.25 Å². The lowest BCUT2D eigenvalue weighted by atomic mass is 10.4. The molecule has 1 saturated carbocycles. The molecule has 18 heavy (non-hydrogen) atoms. The number of hydrogen-bond donors (Lipinski definition) is 1. The van der Waals surface area contributed by atoms with Crippen molar-refractivity contribution < 1.29 is 4.79 Å². The molecule has 100 valence electrons. The molecule has 0 saturated heterocycles. The highest BCUT2D eigenvalue weighted by Crippen LogP contribution is 2.31. The Hall–Kier alpha value is -0.270. The first-order valence-electron chi connectivity index (χ1n) is 6.12. The second-order valence-electron chi connectivity index (χ2n) is 4.23. The first-order valence-corrected chi connectivity index (χ1v) is 8.80. The van der Waals surface area contributed by atoms with Crippen LogP contribution in [-0.4, -0.2) is 33.1 Å². The molecule has 2 rings (SSSR count). The third-order valence-corrected chi connectivity index (χ3v) is 5.83. The summed E-state index contributed by atoms with van der Waals surface area (Å²) in [5.74, 6) is 1.18. The molecule has 0 aliphatic heterocycles. The van der Waals surface area contributed by atoms with Crippen LogP contribution in [0.3, 0.4) is 0 Å². The number of carbonyl (C=O) groups excluding carboxylic acids is 1. The van der Waals surface area contributed by atoms with Gasteiger partial charge in [-0.2, -0.15) is 0 Å². The van der Waals surface area contributed by atoms with Crippen LogP contribution in [0.15, 0.2) is 8.68 Å². The van der Waals surface area contributed by atoms with Gasteiger partial charge in [0.1, 0.15) is 0 Å². The molecule has 0 unspecified atom stereocenters. The topological polar surface area (TPSA) is 54.9 Å². The minimum atomic E-state index is -0.0948. The van der Waals surface area contributed by atoms with E-state index in [0.29, 0.717) is 6.04 Å². The van der Waals surface area contributed by atoms with Gasteiger partial charge in [0.15, 0.2) is 8.68 Å². The van der Waals surface area contributed by atoms with Gasteiger partial charge in [-0.05, 0) is 26.2 Å². The van der Waals surface area contributed by atoms with E-state index >= 15 is 0 Å². The Morgan fingerprint density at radius 3 is 2.89 bits per heavy atom. The molecule has 0 radical (unpaired) electrons. The lowest BCUT2D eigenvalue weighted by Gasteiger charge is -2.08. The summed E-state index contributed by atoms with van der Waals surface area (Å²) in [5, 5.41) is 11.1. The van der Waals surface area contributed by atoms with Crippen molar-refractivity contribution in [2.75, 3.05) is 5.75 Å². The van der Waals surface area contributed by atoms with Gasteiger partial charge in [-0.1, -0.05) is 41.8 Å². The fourth-order valence-electron chi connectivity index (χ4n) is 1.24.